The number of aryl methyl sites for hydroxylation is 2. The number of nitrogens with one attached hydrogen (secondary N) is 2. The van der Waals surface area contributed by atoms with E-state index < -0.39 is 49.8 Å². The van der Waals surface area contributed by atoms with Gasteiger partial charge >= 0.3 is 0 Å². The summed E-state index contributed by atoms with van der Waals surface area (Å²) in [6.07, 6.45) is 10.5. The van der Waals surface area contributed by atoms with Gasteiger partial charge < -0.3 is 20.7 Å². The van der Waals surface area contributed by atoms with Gasteiger partial charge in [0.15, 0.2) is 0 Å². The van der Waals surface area contributed by atoms with E-state index in [0.717, 1.165) is 47.8 Å². The number of hydrogen-bond acceptors (Lipinski definition) is 8. The lowest BCUT2D eigenvalue weighted by Gasteiger charge is -2.36. The van der Waals surface area contributed by atoms with Gasteiger partial charge in [0.2, 0.25) is 21.8 Å². The van der Waals surface area contributed by atoms with E-state index in [1.165, 1.54) is 4.90 Å². The van der Waals surface area contributed by atoms with Crippen LogP contribution in [0.5, 0.6) is 5.75 Å². The lowest BCUT2D eigenvalue weighted by Crippen LogP contribution is -2.58. The highest BCUT2D eigenvalue weighted by Gasteiger charge is 2.63. The molecule has 46 heavy (non-hydrogen) atoms. The van der Waals surface area contributed by atoms with E-state index in [1.54, 1.807) is 6.92 Å². The minimum absolute atomic E-state index is 0.179. The molecule has 3 amide bonds. The van der Waals surface area contributed by atoms with Crippen molar-refractivity contribution in [3.63, 3.8) is 0 Å². The van der Waals surface area contributed by atoms with E-state index in [1.807, 2.05) is 43.3 Å². The van der Waals surface area contributed by atoms with Crippen LogP contribution in [0.25, 0.3) is 10.9 Å². The average Bonchev–Trinajstić information content (AvgIpc) is 3.91. The predicted octanol–water partition coefficient (Wildman–Crippen LogP) is 2.93. The molecule has 1 unspecified atom stereocenters. The summed E-state index contributed by atoms with van der Waals surface area (Å²) in [5.41, 5.74) is 6.90. The zero-order valence-electron chi connectivity index (χ0n) is 26.5. The van der Waals surface area contributed by atoms with Crippen molar-refractivity contribution < 1.29 is 27.5 Å². The first-order valence-electron chi connectivity index (χ1n) is 16.6. The van der Waals surface area contributed by atoms with Gasteiger partial charge in [-0.05, 0) is 71.3 Å². The molecule has 3 aliphatic heterocycles. The highest BCUT2D eigenvalue weighted by Crippen LogP contribution is 2.49. The fraction of sp³-hybridized carbons (Fsp3) is 0.588. The number of carbonyl (C=O) groups excluding carboxylic acids is 3. The van der Waals surface area contributed by atoms with Crippen LogP contribution in [0.1, 0.15) is 82.4 Å². The molecule has 4 heterocycles. The Labute approximate surface area is 269 Å². The number of pyridine rings is 1. The number of nitrogens with zero attached hydrogens (tertiary/aromatic N) is 2. The number of aromatic nitrogens is 1. The summed E-state index contributed by atoms with van der Waals surface area (Å²) >= 11 is 0. The smallest absolute Gasteiger partial charge is 0.259 e. The van der Waals surface area contributed by atoms with Gasteiger partial charge in [-0.15, -0.1) is 0 Å². The summed E-state index contributed by atoms with van der Waals surface area (Å²) in [5.74, 6) is -1.22. The molecule has 2 saturated carbocycles. The number of ether oxygens (including phenoxy) is 1. The number of rotatable bonds is 3. The molecule has 12 heteroatoms. The summed E-state index contributed by atoms with van der Waals surface area (Å²) in [4.78, 5) is 48.2. The van der Waals surface area contributed by atoms with E-state index in [0.29, 0.717) is 37.9 Å². The van der Waals surface area contributed by atoms with Gasteiger partial charge in [0.1, 0.15) is 22.9 Å². The fourth-order valence-corrected chi connectivity index (χ4v) is 8.85. The van der Waals surface area contributed by atoms with Gasteiger partial charge in [-0.2, -0.15) is 0 Å². The van der Waals surface area contributed by atoms with Crippen LogP contribution in [0, 0.1) is 12.8 Å². The molecule has 1 aromatic carbocycles. The third kappa shape index (κ3) is 5.27. The highest BCUT2D eigenvalue weighted by molar-refractivity contribution is 7.91. The molecule has 3 fully saturated rings. The van der Waals surface area contributed by atoms with Crippen LogP contribution in [-0.4, -0.2) is 70.5 Å². The quantitative estimate of drug-likeness (QED) is 0.428. The molecular formula is C34H43N5O6S. The Morgan fingerprint density at radius 3 is 2.70 bits per heavy atom. The number of sulfonamides is 1. The van der Waals surface area contributed by atoms with Crippen LogP contribution in [0.3, 0.4) is 0 Å². The second-order valence-electron chi connectivity index (χ2n) is 14.3. The normalized spacial score (nSPS) is 33.0. The van der Waals surface area contributed by atoms with Crippen molar-refractivity contribution in [2.45, 2.75) is 112 Å². The second-order valence-corrected chi connectivity index (χ2v) is 16.5. The van der Waals surface area contributed by atoms with Gasteiger partial charge in [-0.1, -0.05) is 43.2 Å². The van der Waals surface area contributed by atoms with Crippen LogP contribution in [-0.2, 0) is 30.8 Å². The molecular weight excluding hydrogens is 606 g/mol. The molecule has 0 bridgehead atoms. The number of benzene rings is 1. The third-order valence-corrected chi connectivity index (χ3v) is 13.1. The number of nitrogens with two attached hydrogens (primary N) is 1. The molecule has 4 N–H and O–H groups in total. The number of hydrogen-bond donors (Lipinski definition) is 3. The number of carbonyl (C=O) groups is 3. The van der Waals surface area contributed by atoms with Crippen LogP contribution in [0.4, 0.5) is 0 Å². The van der Waals surface area contributed by atoms with E-state index in [4.69, 9.17) is 15.5 Å². The number of allylic oxidation sites excluding steroid dienone is 1. The topological polar surface area (TPSA) is 161 Å². The SMILES string of the molecule is Cc1nc2ccccc2c2c1O[C@]1(CC2)C[C@H]2C(=O)N[C@]3(C(=O)NS(=O)(=O)C4(C)CC4)CC3/C=C\CCCCC[C@H](N)C(=O)N2C1. The minimum Gasteiger partial charge on any atom is -0.483 e. The molecule has 1 spiro atoms. The summed E-state index contributed by atoms with van der Waals surface area (Å²) < 4.78 is 34.1. The van der Waals surface area contributed by atoms with Crippen molar-refractivity contribution in [2.24, 2.45) is 11.7 Å². The van der Waals surface area contributed by atoms with Crippen LogP contribution >= 0.6 is 0 Å². The molecule has 5 aliphatic rings. The van der Waals surface area contributed by atoms with Crippen molar-refractivity contribution >= 4 is 38.6 Å². The Hall–Kier alpha value is -3.51. The van der Waals surface area contributed by atoms with Crippen molar-refractivity contribution in [3.05, 3.63) is 47.7 Å². The molecule has 5 atom stereocenters. The Bertz CT molecular complexity index is 1760. The van der Waals surface area contributed by atoms with Crippen LogP contribution in [0.15, 0.2) is 36.4 Å². The van der Waals surface area contributed by atoms with Gasteiger partial charge in [0.25, 0.3) is 5.91 Å². The van der Waals surface area contributed by atoms with Crippen molar-refractivity contribution in [2.75, 3.05) is 6.54 Å². The second kappa shape index (κ2) is 11.0. The van der Waals surface area contributed by atoms with E-state index in [9.17, 15) is 22.8 Å². The maximum Gasteiger partial charge on any atom is 0.259 e. The number of fused-ring (bicyclic) bond motifs is 5. The van der Waals surface area contributed by atoms with Crippen molar-refractivity contribution in [1.29, 1.82) is 0 Å². The predicted molar refractivity (Wildman–Crippen MR) is 172 cm³/mol. The Morgan fingerprint density at radius 2 is 1.91 bits per heavy atom. The Morgan fingerprint density at radius 1 is 1.13 bits per heavy atom. The Kier molecular flexibility index (Phi) is 7.47. The fourth-order valence-electron chi connectivity index (χ4n) is 7.54. The largest absolute Gasteiger partial charge is 0.483 e. The maximum atomic E-state index is 14.3. The van der Waals surface area contributed by atoms with E-state index >= 15 is 0 Å². The molecule has 0 radical (unpaired) electrons. The van der Waals surface area contributed by atoms with Gasteiger partial charge in [0.05, 0.1) is 28.5 Å². The van der Waals surface area contributed by atoms with Gasteiger partial charge in [0, 0.05) is 23.3 Å². The van der Waals surface area contributed by atoms with E-state index in [2.05, 4.69) is 10.0 Å². The summed E-state index contributed by atoms with van der Waals surface area (Å²) in [6, 6.07) is 6.23. The van der Waals surface area contributed by atoms with Crippen LogP contribution in [0.2, 0.25) is 0 Å². The zero-order chi connectivity index (χ0) is 32.5. The Balaban J connectivity index is 1.21. The first kappa shape index (κ1) is 31.1. The average molecular weight is 650 g/mol. The molecule has 1 aromatic heterocycles. The highest BCUT2D eigenvalue weighted by atomic mass is 32.2. The lowest BCUT2D eigenvalue weighted by atomic mass is 9.87. The maximum absolute atomic E-state index is 14.3. The first-order chi connectivity index (χ1) is 21.9. The van der Waals surface area contributed by atoms with Gasteiger partial charge in [-0.3, -0.25) is 19.1 Å². The van der Waals surface area contributed by atoms with Crippen molar-refractivity contribution in [1.82, 2.24) is 19.9 Å². The molecule has 7 rings (SSSR count). The molecule has 1 saturated heterocycles. The summed E-state index contributed by atoms with van der Waals surface area (Å²) in [6.45, 7) is 3.71. The van der Waals surface area contributed by atoms with E-state index in [-0.39, 0.29) is 31.2 Å². The summed E-state index contributed by atoms with van der Waals surface area (Å²) in [5, 5.41) is 3.97. The van der Waals surface area contributed by atoms with Crippen LogP contribution < -0.4 is 20.5 Å². The third-order valence-electron chi connectivity index (χ3n) is 10.9. The standard InChI is InChI=1S/C34H43N5O6S/c1-21-28-24(23-11-8-9-13-26(23)36-21)14-15-33(45-28)19-27-29(40)37-34(31(42)38-46(43,44)32(2)16-17-32)18-22(34)10-6-4-3-5-7-12-25(35)30(41)39(27)20-33/h6,8-11,13,22,25,27H,3-5,7,12,14-20,35H2,1-2H3,(H,37,40)(H,38,42)/b10-6-/t22?,25-,27-,33+,34+/m0/s1. The number of para-hydroxylation sites is 1. The van der Waals surface area contributed by atoms with Gasteiger partial charge in [-0.25, -0.2) is 13.4 Å². The lowest BCUT2D eigenvalue weighted by molar-refractivity contribution is -0.140. The number of amides is 3. The minimum atomic E-state index is -3.92. The van der Waals surface area contributed by atoms with Crippen molar-refractivity contribution in [3.8, 4) is 5.75 Å². The monoisotopic (exact) mass is 649 g/mol. The molecule has 2 aromatic rings. The first-order valence-corrected chi connectivity index (χ1v) is 18.0. The molecule has 2 aliphatic carbocycles. The zero-order valence-corrected chi connectivity index (χ0v) is 27.3. The molecule has 11 nitrogen and oxygen atoms in total. The summed E-state index contributed by atoms with van der Waals surface area (Å²) in [7, 11) is -3.92. The molecule has 246 valence electrons.